The van der Waals surface area contributed by atoms with Gasteiger partial charge in [-0.15, -0.1) is 0 Å². The van der Waals surface area contributed by atoms with E-state index in [-0.39, 0.29) is 6.10 Å². The molecule has 1 N–H and O–H groups in total. The molecule has 0 saturated heterocycles. The Morgan fingerprint density at radius 3 is 3.08 bits per heavy atom. The fraction of sp³-hybridized carbons (Fsp3) is 0.158. The van der Waals surface area contributed by atoms with E-state index in [1.165, 1.54) is 12.0 Å². The van der Waals surface area contributed by atoms with Crippen molar-refractivity contribution in [2.24, 2.45) is 0 Å². The van der Waals surface area contributed by atoms with E-state index >= 15 is 0 Å². The molecule has 0 bridgehead atoms. The number of fused-ring (bicyclic) bond motifs is 2. The second-order valence-electron chi connectivity index (χ2n) is 6.18. The zero-order valence-electron chi connectivity index (χ0n) is 13.6. The second-order valence-corrected chi connectivity index (χ2v) is 6.18. The van der Waals surface area contributed by atoms with Gasteiger partial charge >= 0.3 is 0 Å². The fourth-order valence-corrected chi connectivity index (χ4v) is 3.40. The Morgan fingerprint density at radius 2 is 2.23 bits per heavy atom. The van der Waals surface area contributed by atoms with Crippen LogP contribution in [0.4, 0.5) is 0 Å². The van der Waals surface area contributed by atoms with Gasteiger partial charge in [-0.05, 0) is 36.1 Å². The van der Waals surface area contributed by atoms with Gasteiger partial charge in [0.05, 0.1) is 29.5 Å². The number of oxazole rings is 1. The molecule has 3 aromatic heterocycles. The number of aromatic nitrogens is 4. The van der Waals surface area contributed by atoms with E-state index in [9.17, 15) is 0 Å². The third-order valence-electron chi connectivity index (χ3n) is 4.65. The van der Waals surface area contributed by atoms with Gasteiger partial charge in [0.1, 0.15) is 11.8 Å². The van der Waals surface area contributed by atoms with Crippen LogP contribution in [0.3, 0.4) is 0 Å². The molecule has 26 heavy (non-hydrogen) atoms. The molecule has 0 saturated carbocycles. The highest BCUT2D eigenvalue weighted by atomic mass is 16.5. The third kappa shape index (κ3) is 2.31. The lowest BCUT2D eigenvalue weighted by molar-refractivity contribution is 0.199. The van der Waals surface area contributed by atoms with E-state index in [0.717, 1.165) is 29.3 Å². The Kier molecular flexibility index (Phi) is 3.22. The van der Waals surface area contributed by atoms with Crippen molar-refractivity contribution < 1.29 is 9.15 Å². The van der Waals surface area contributed by atoms with Gasteiger partial charge in [-0.2, -0.15) is 10.4 Å². The van der Waals surface area contributed by atoms with Gasteiger partial charge in [0.2, 0.25) is 5.88 Å². The van der Waals surface area contributed by atoms with Gasteiger partial charge in [-0.25, -0.2) is 9.97 Å². The van der Waals surface area contributed by atoms with Crippen LogP contribution in [-0.4, -0.2) is 20.2 Å². The van der Waals surface area contributed by atoms with Crippen molar-refractivity contribution in [1.29, 1.82) is 5.26 Å². The minimum Gasteiger partial charge on any atom is -0.469 e. The lowest BCUT2D eigenvalue weighted by atomic mass is 10.1. The van der Waals surface area contributed by atoms with E-state index in [2.05, 4.69) is 26.2 Å². The Bertz CT molecular complexity index is 1140. The number of ether oxygens (including phenoxy) is 1. The summed E-state index contributed by atoms with van der Waals surface area (Å²) in [4.78, 5) is 8.32. The molecule has 5 rings (SSSR count). The molecule has 3 heterocycles. The van der Waals surface area contributed by atoms with Crippen molar-refractivity contribution in [3.63, 3.8) is 0 Å². The van der Waals surface area contributed by atoms with Gasteiger partial charge in [-0.1, -0.05) is 6.07 Å². The molecule has 4 aromatic rings. The molecule has 1 atom stereocenters. The number of rotatable bonds is 3. The molecule has 126 valence electrons. The number of hydrogen-bond acceptors (Lipinski definition) is 6. The Labute approximate surface area is 148 Å². The summed E-state index contributed by atoms with van der Waals surface area (Å²) in [5, 5.41) is 17.1. The van der Waals surface area contributed by atoms with Crippen LogP contribution in [0.15, 0.2) is 47.5 Å². The SMILES string of the molecule is N#Cc1ccc2c(c1)CC[C@H]2Oc1cc2c(-c3cnco3)n[nH]c2cn1. The highest BCUT2D eigenvalue weighted by Crippen LogP contribution is 2.36. The Hall–Kier alpha value is -3.66. The first-order chi connectivity index (χ1) is 12.8. The number of nitrogens with zero attached hydrogens (tertiary/aromatic N) is 4. The van der Waals surface area contributed by atoms with E-state index in [4.69, 9.17) is 14.4 Å². The first kappa shape index (κ1) is 14.7. The van der Waals surface area contributed by atoms with Gasteiger partial charge in [-0.3, -0.25) is 5.10 Å². The summed E-state index contributed by atoms with van der Waals surface area (Å²) in [6.07, 6.45) is 6.39. The first-order valence-electron chi connectivity index (χ1n) is 8.24. The Balaban J connectivity index is 1.48. The number of aryl methyl sites for hydroxylation is 1. The number of nitrogens with one attached hydrogen (secondary N) is 1. The summed E-state index contributed by atoms with van der Waals surface area (Å²) in [5.41, 5.74) is 4.44. The largest absolute Gasteiger partial charge is 0.469 e. The van der Waals surface area contributed by atoms with Crippen LogP contribution in [0.1, 0.15) is 29.2 Å². The smallest absolute Gasteiger partial charge is 0.214 e. The van der Waals surface area contributed by atoms with Crippen LogP contribution in [0.2, 0.25) is 0 Å². The maximum atomic E-state index is 9.04. The first-order valence-corrected chi connectivity index (χ1v) is 8.24. The number of pyridine rings is 1. The predicted octanol–water partition coefficient (Wildman–Crippen LogP) is 3.55. The summed E-state index contributed by atoms with van der Waals surface area (Å²) in [6, 6.07) is 9.78. The number of aromatic amines is 1. The summed E-state index contributed by atoms with van der Waals surface area (Å²) < 4.78 is 11.5. The normalized spacial score (nSPS) is 15.7. The van der Waals surface area contributed by atoms with E-state index in [0.29, 0.717) is 22.9 Å². The molecule has 0 fully saturated rings. The molecule has 1 aromatic carbocycles. The Morgan fingerprint density at radius 1 is 1.27 bits per heavy atom. The average Bonchev–Trinajstić information content (AvgIpc) is 3.40. The zero-order valence-corrected chi connectivity index (χ0v) is 13.6. The van der Waals surface area contributed by atoms with Gasteiger partial charge in [0, 0.05) is 11.5 Å². The van der Waals surface area contributed by atoms with E-state index < -0.39 is 0 Å². The maximum Gasteiger partial charge on any atom is 0.214 e. The maximum absolute atomic E-state index is 9.04. The van der Waals surface area contributed by atoms with Crippen LogP contribution in [-0.2, 0) is 6.42 Å². The molecule has 0 amide bonds. The zero-order chi connectivity index (χ0) is 17.5. The van der Waals surface area contributed by atoms with Crippen molar-refractivity contribution >= 4 is 10.9 Å². The van der Waals surface area contributed by atoms with Crippen molar-refractivity contribution in [3.8, 4) is 23.4 Å². The van der Waals surface area contributed by atoms with Gasteiger partial charge in [0.15, 0.2) is 12.2 Å². The van der Waals surface area contributed by atoms with Crippen LogP contribution in [0, 0.1) is 11.3 Å². The van der Waals surface area contributed by atoms with E-state index in [1.807, 2.05) is 24.3 Å². The summed E-state index contributed by atoms with van der Waals surface area (Å²) >= 11 is 0. The molecular formula is C19H13N5O2. The minimum atomic E-state index is -0.0664. The molecule has 0 aliphatic heterocycles. The quantitative estimate of drug-likeness (QED) is 0.610. The van der Waals surface area contributed by atoms with Crippen molar-refractivity contribution in [1.82, 2.24) is 20.2 Å². The number of nitriles is 1. The molecule has 1 aliphatic rings. The minimum absolute atomic E-state index is 0.0664. The van der Waals surface area contributed by atoms with Gasteiger partial charge in [0.25, 0.3) is 0 Å². The molecule has 1 aliphatic carbocycles. The lowest BCUT2D eigenvalue weighted by Gasteiger charge is -2.14. The second kappa shape index (κ2) is 5.70. The topological polar surface area (TPSA) is 101 Å². The molecule has 7 nitrogen and oxygen atoms in total. The molecular weight excluding hydrogens is 330 g/mol. The number of hydrogen-bond donors (Lipinski definition) is 1. The number of benzene rings is 1. The molecule has 0 unspecified atom stereocenters. The highest BCUT2D eigenvalue weighted by molar-refractivity contribution is 5.91. The summed E-state index contributed by atoms with van der Waals surface area (Å²) in [5.74, 6) is 1.12. The van der Waals surface area contributed by atoms with Crippen LogP contribution in [0.5, 0.6) is 5.88 Å². The summed E-state index contributed by atoms with van der Waals surface area (Å²) in [6.45, 7) is 0. The highest BCUT2D eigenvalue weighted by Gasteiger charge is 2.25. The van der Waals surface area contributed by atoms with Crippen LogP contribution < -0.4 is 4.74 Å². The lowest BCUT2D eigenvalue weighted by Crippen LogP contribution is -2.04. The molecule has 0 radical (unpaired) electrons. The third-order valence-corrected chi connectivity index (χ3v) is 4.65. The standard InChI is InChI=1S/C19H13N5O2/c20-7-11-1-3-13-12(5-11)2-4-16(13)26-18-6-14-15(8-22-18)23-24-19(14)17-9-21-10-25-17/h1,3,5-6,8-10,16H,2,4H2,(H,23,24)/t16-/m1/s1. The monoisotopic (exact) mass is 343 g/mol. The molecule has 0 spiro atoms. The predicted molar refractivity (Wildman–Crippen MR) is 92.2 cm³/mol. The number of H-pyrrole nitrogens is 1. The van der Waals surface area contributed by atoms with Gasteiger partial charge < -0.3 is 9.15 Å². The molecule has 7 heteroatoms. The fourth-order valence-electron chi connectivity index (χ4n) is 3.40. The summed E-state index contributed by atoms with van der Waals surface area (Å²) in [7, 11) is 0. The van der Waals surface area contributed by atoms with Crippen LogP contribution in [0.25, 0.3) is 22.4 Å². The van der Waals surface area contributed by atoms with E-state index in [1.54, 1.807) is 12.4 Å². The van der Waals surface area contributed by atoms with Crippen LogP contribution >= 0.6 is 0 Å². The van der Waals surface area contributed by atoms with Crippen molar-refractivity contribution in [2.75, 3.05) is 0 Å². The average molecular weight is 343 g/mol. The van der Waals surface area contributed by atoms with Crippen molar-refractivity contribution in [2.45, 2.75) is 18.9 Å². The van der Waals surface area contributed by atoms with Crippen molar-refractivity contribution in [3.05, 3.63) is 59.7 Å².